The zero-order valence-electron chi connectivity index (χ0n) is 17.3. The molecule has 3 nitrogen and oxygen atoms in total. The molecule has 0 unspecified atom stereocenters. The Balaban J connectivity index is 1.60. The van der Waals surface area contributed by atoms with Crippen LogP contribution in [0.2, 0.25) is 0 Å². The maximum Gasteiger partial charge on any atom is 0.180 e. The van der Waals surface area contributed by atoms with E-state index in [-0.39, 0.29) is 5.82 Å². The van der Waals surface area contributed by atoms with E-state index in [0.717, 1.165) is 38.8 Å². The predicted octanol–water partition coefficient (Wildman–Crippen LogP) is 7.08. The van der Waals surface area contributed by atoms with Gasteiger partial charge in [-0.1, -0.05) is 48.5 Å². The topological polar surface area (TPSA) is 31.6 Å². The minimum atomic E-state index is -1.11. The highest BCUT2D eigenvalue weighted by atomic mass is 19.1. The second kappa shape index (κ2) is 6.99. The number of methoxy groups -OCH3 is 1. The fraction of sp³-hybridized carbons (Fsp3) is 0.0714. The van der Waals surface area contributed by atoms with Gasteiger partial charge in [0.25, 0.3) is 0 Å². The number of para-hydroxylation sites is 1. The molecule has 0 fully saturated rings. The van der Waals surface area contributed by atoms with Crippen molar-refractivity contribution in [2.24, 2.45) is 0 Å². The quantitative estimate of drug-likeness (QED) is 0.311. The Kier molecular flexibility index (Phi) is 4.08. The number of hydrogen-bond acceptors (Lipinski definition) is 3. The minimum Gasteiger partial charge on any atom is -0.497 e. The third kappa shape index (κ3) is 2.66. The van der Waals surface area contributed by atoms with Gasteiger partial charge in [0.1, 0.15) is 28.5 Å². The lowest BCUT2D eigenvalue weighted by Crippen LogP contribution is -2.35. The molecule has 1 aliphatic rings. The summed E-state index contributed by atoms with van der Waals surface area (Å²) in [5, 5.41) is 2.02. The molecule has 1 aromatic heterocycles. The van der Waals surface area contributed by atoms with Crippen molar-refractivity contribution in [3.8, 4) is 11.5 Å². The monoisotopic (exact) mass is 422 g/mol. The van der Waals surface area contributed by atoms with Crippen molar-refractivity contribution in [3.05, 3.63) is 114 Å². The molecule has 4 heteroatoms. The van der Waals surface area contributed by atoms with Crippen molar-refractivity contribution >= 4 is 28.0 Å². The van der Waals surface area contributed by atoms with Crippen LogP contribution in [0.15, 0.2) is 95.4 Å². The molecule has 156 valence electrons. The van der Waals surface area contributed by atoms with E-state index in [0.29, 0.717) is 11.3 Å². The molecule has 5 aromatic rings. The SMILES string of the molecule is COc1ccc([C@@]2(c3ccccc3F)C=Cc3c(ccc4oc5ccccc5c34)O2)cc1. The minimum absolute atomic E-state index is 0.328. The van der Waals surface area contributed by atoms with E-state index in [9.17, 15) is 0 Å². The van der Waals surface area contributed by atoms with Gasteiger partial charge < -0.3 is 13.9 Å². The second-order valence-corrected chi connectivity index (χ2v) is 7.83. The van der Waals surface area contributed by atoms with E-state index < -0.39 is 5.60 Å². The first-order chi connectivity index (χ1) is 15.7. The molecular weight excluding hydrogens is 403 g/mol. The fourth-order valence-electron chi connectivity index (χ4n) is 4.54. The Labute approximate surface area is 184 Å². The van der Waals surface area contributed by atoms with Crippen molar-refractivity contribution < 1.29 is 18.3 Å². The molecule has 0 saturated carbocycles. The first-order valence-corrected chi connectivity index (χ1v) is 10.4. The number of rotatable bonds is 3. The van der Waals surface area contributed by atoms with Crippen molar-refractivity contribution in [1.29, 1.82) is 0 Å². The van der Waals surface area contributed by atoms with Crippen molar-refractivity contribution in [2.75, 3.05) is 7.11 Å². The number of halogens is 1. The van der Waals surface area contributed by atoms with Crippen LogP contribution in [0.5, 0.6) is 11.5 Å². The van der Waals surface area contributed by atoms with Gasteiger partial charge in [0, 0.05) is 27.5 Å². The normalized spacial score (nSPS) is 17.3. The molecule has 4 aromatic carbocycles. The summed E-state index contributed by atoms with van der Waals surface area (Å²) in [6.07, 6.45) is 3.94. The van der Waals surface area contributed by atoms with Crippen molar-refractivity contribution in [1.82, 2.24) is 0 Å². The van der Waals surface area contributed by atoms with Crippen LogP contribution in [0.25, 0.3) is 28.0 Å². The fourth-order valence-corrected chi connectivity index (χ4v) is 4.54. The summed E-state index contributed by atoms with van der Waals surface area (Å²) in [5.41, 5.74) is 2.68. The number of fused-ring (bicyclic) bond motifs is 5. The third-order valence-electron chi connectivity index (χ3n) is 6.09. The van der Waals surface area contributed by atoms with Crippen LogP contribution in [0.4, 0.5) is 4.39 Å². The Bertz CT molecular complexity index is 1500. The van der Waals surface area contributed by atoms with E-state index in [4.69, 9.17) is 13.9 Å². The summed E-state index contributed by atoms with van der Waals surface area (Å²) in [7, 11) is 1.62. The molecule has 0 bridgehead atoms. The Morgan fingerprint density at radius 3 is 2.41 bits per heavy atom. The highest BCUT2D eigenvalue weighted by Gasteiger charge is 2.39. The van der Waals surface area contributed by atoms with Crippen LogP contribution in [-0.2, 0) is 5.60 Å². The average molecular weight is 422 g/mol. The van der Waals surface area contributed by atoms with E-state index in [2.05, 4.69) is 0 Å². The van der Waals surface area contributed by atoms with Gasteiger partial charge in [-0.25, -0.2) is 4.39 Å². The second-order valence-electron chi connectivity index (χ2n) is 7.83. The van der Waals surface area contributed by atoms with E-state index in [1.807, 2.05) is 78.9 Å². The number of furan rings is 1. The predicted molar refractivity (Wildman–Crippen MR) is 124 cm³/mol. The Morgan fingerprint density at radius 2 is 1.59 bits per heavy atom. The van der Waals surface area contributed by atoms with Crippen LogP contribution < -0.4 is 9.47 Å². The van der Waals surface area contributed by atoms with Gasteiger partial charge in [-0.2, -0.15) is 0 Å². The molecule has 32 heavy (non-hydrogen) atoms. The summed E-state index contributed by atoms with van der Waals surface area (Å²) < 4.78 is 33.1. The summed E-state index contributed by atoms with van der Waals surface area (Å²) in [5.74, 6) is 1.07. The molecule has 1 aliphatic heterocycles. The van der Waals surface area contributed by atoms with Gasteiger partial charge in [-0.3, -0.25) is 0 Å². The average Bonchev–Trinajstić information content (AvgIpc) is 3.23. The van der Waals surface area contributed by atoms with Crippen LogP contribution in [-0.4, -0.2) is 7.11 Å². The standard InChI is InChI=1S/C28H19FO3/c1-30-19-12-10-18(11-13-19)28(22-7-3-4-8-23(22)29)17-16-21-25(32-28)14-15-26-27(21)20-6-2-5-9-24(20)31-26/h2-17H,1H3/t28-/m1/s1. The van der Waals surface area contributed by atoms with Gasteiger partial charge in [-0.15, -0.1) is 0 Å². The van der Waals surface area contributed by atoms with E-state index in [1.54, 1.807) is 19.2 Å². The molecule has 0 saturated heterocycles. The first kappa shape index (κ1) is 18.7. The molecule has 0 amide bonds. The highest BCUT2D eigenvalue weighted by Crippen LogP contribution is 2.46. The molecule has 0 radical (unpaired) electrons. The largest absolute Gasteiger partial charge is 0.497 e. The first-order valence-electron chi connectivity index (χ1n) is 10.4. The molecule has 0 N–H and O–H groups in total. The molecular formula is C28H19FO3. The Morgan fingerprint density at radius 1 is 0.812 bits per heavy atom. The van der Waals surface area contributed by atoms with Crippen LogP contribution >= 0.6 is 0 Å². The number of ether oxygens (including phenoxy) is 2. The zero-order chi connectivity index (χ0) is 21.7. The maximum atomic E-state index is 15.1. The van der Waals surface area contributed by atoms with Crippen molar-refractivity contribution in [2.45, 2.75) is 5.60 Å². The van der Waals surface area contributed by atoms with Gasteiger partial charge in [-0.05, 0) is 48.6 Å². The molecule has 2 heterocycles. The Hall–Kier alpha value is -4.05. The maximum absolute atomic E-state index is 15.1. The van der Waals surface area contributed by atoms with Crippen molar-refractivity contribution in [3.63, 3.8) is 0 Å². The van der Waals surface area contributed by atoms with Gasteiger partial charge in [0.05, 0.1) is 7.11 Å². The summed E-state index contributed by atoms with van der Waals surface area (Å²) in [6, 6.07) is 26.0. The summed E-state index contributed by atoms with van der Waals surface area (Å²) in [6.45, 7) is 0. The zero-order valence-corrected chi connectivity index (χ0v) is 17.3. The smallest absolute Gasteiger partial charge is 0.180 e. The molecule has 0 aliphatic carbocycles. The molecule has 0 spiro atoms. The molecule has 6 rings (SSSR count). The third-order valence-corrected chi connectivity index (χ3v) is 6.09. The van der Waals surface area contributed by atoms with Crippen LogP contribution in [0.3, 0.4) is 0 Å². The lowest BCUT2D eigenvalue weighted by Gasteiger charge is -2.36. The lowest BCUT2D eigenvalue weighted by atomic mass is 9.83. The van der Waals surface area contributed by atoms with Gasteiger partial charge in [0.15, 0.2) is 5.60 Å². The van der Waals surface area contributed by atoms with E-state index >= 15 is 4.39 Å². The number of hydrogen-bond donors (Lipinski definition) is 0. The molecule has 1 atom stereocenters. The summed E-state index contributed by atoms with van der Waals surface area (Å²) in [4.78, 5) is 0. The van der Waals surface area contributed by atoms with Gasteiger partial charge in [0.2, 0.25) is 0 Å². The van der Waals surface area contributed by atoms with Crippen LogP contribution in [0.1, 0.15) is 16.7 Å². The lowest BCUT2D eigenvalue weighted by molar-refractivity contribution is 0.156. The van der Waals surface area contributed by atoms with Crippen LogP contribution in [0, 0.1) is 5.82 Å². The number of benzene rings is 4. The van der Waals surface area contributed by atoms with E-state index in [1.165, 1.54) is 6.07 Å². The summed E-state index contributed by atoms with van der Waals surface area (Å²) >= 11 is 0. The van der Waals surface area contributed by atoms with Gasteiger partial charge >= 0.3 is 0 Å². The highest BCUT2D eigenvalue weighted by molar-refractivity contribution is 6.10.